The van der Waals surface area contributed by atoms with Gasteiger partial charge in [0.1, 0.15) is 5.75 Å². The van der Waals surface area contributed by atoms with Gasteiger partial charge in [0, 0.05) is 23.4 Å². The number of nitrogens with zero attached hydrogens (tertiary/aromatic N) is 2. The summed E-state index contributed by atoms with van der Waals surface area (Å²) in [5, 5.41) is 17.3. The molecule has 0 bridgehead atoms. The van der Waals surface area contributed by atoms with E-state index in [1.165, 1.54) is 30.5 Å². The van der Waals surface area contributed by atoms with Crippen molar-refractivity contribution in [2.45, 2.75) is 13.8 Å². The SMILES string of the molecule is Cc1ccc(NC(=O)COc2ccc(/C=N\NC(=O)c3ccc([N+](=O)[O-])cc3)cc2)cc1C. The first-order chi connectivity index (χ1) is 15.8. The van der Waals surface area contributed by atoms with Gasteiger partial charge in [0.05, 0.1) is 11.1 Å². The van der Waals surface area contributed by atoms with Crippen LogP contribution in [0.2, 0.25) is 0 Å². The normalized spacial score (nSPS) is 10.6. The monoisotopic (exact) mass is 446 g/mol. The Kier molecular flexibility index (Phi) is 7.48. The van der Waals surface area contributed by atoms with Crippen LogP contribution >= 0.6 is 0 Å². The van der Waals surface area contributed by atoms with Crippen LogP contribution in [0.1, 0.15) is 27.0 Å². The average molecular weight is 446 g/mol. The molecule has 3 rings (SSSR count). The zero-order valence-electron chi connectivity index (χ0n) is 18.1. The number of aryl methyl sites for hydroxylation is 2. The quantitative estimate of drug-likeness (QED) is 0.308. The number of rotatable bonds is 8. The van der Waals surface area contributed by atoms with Gasteiger partial charge in [0.25, 0.3) is 17.5 Å². The maximum Gasteiger partial charge on any atom is 0.271 e. The first-order valence-corrected chi connectivity index (χ1v) is 9.99. The van der Waals surface area contributed by atoms with Gasteiger partial charge in [-0.05, 0) is 79.1 Å². The maximum atomic E-state index is 12.1. The lowest BCUT2D eigenvalue weighted by Crippen LogP contribution is -2.20. The molecular weight excluding hydrogens is 424 g/mol. The van der Waals surface area contributed by atoms with Crippen molar-refractivity contribution < 1.29 is 19.2 Å². The van der Waals surface area contributed by atoms with Crippen LogP contribution < -0.4 is 15.5 Å². The Balaban J connectivity index is 1.46. The van der Waals surface area contributed by atoms with Crippen molar-refractivity contribution in [3.63, 3.8) is 0 Å². The Morgan fingerprint density at radius 2 is 1.70 bits per heavy atom. The number of hydrogen-bond donors (Lipinski definition) is 2. The molecule has 3 aromatic rings. The van der Waals surface area contributed by atoms with Gasteiger partial charge in [-0.1, -0.05) is 6.07 Å². The van der Waals surface area contributed by atoms with E-state index in [-0.39, 0.29) is 23.8 Å². The molecule has 0 heterocycles. The molecule has 9 heteroatoms. The van der Waals surface area contributed by atoms with E-state index < -0.39 is 10.8 Å². The second-order valence-corrected chi connectivity index (χ2v) is 7.21. The van der Waals surface area contributed by atoms with Crippen LogP contribution in [0.15, 0.2) is 71.8 Å². The predicted octanol–water partition coefficient (Wildman–Crippen LogP) is 3.99. The zero-order chi connectivity index (χ0) is 23.8. The fourth-order valence-electron chi connectivity index (χ4n) is 2.78. The highest BCUT2D eigenvalue weighted by Gasteiger charge is 2.08. The van der Waals surface area contributed by atoms with Gasteiger partial charge in [0.2, 0.25) is 0 Å². The van der Waals surface area contributed by atoms with Crippen LogP contribution in [-0.2, 0) is 4.79 Å². The molecule has 3 aromatic carbocycles. The number of anilines is 1. The minimum Gasteiger partial charge on any atom is -0.484 e. The van der Waals surface area contributed by atoms with E-state index >= 15 is 0 Å². The molecule has 2 amide bonds. The van der Waals surface area contributed by atoms with Crippen LogP contribution in [-0.4, -0.2) is 29.6 Å². The highest BCUT2D eigenvalue weighted by molar-refractivity contribution is 5.95. The highest BCUT2D eigenvalue weighted by Crippen LogP contribution is 2.15. The van der Waals surface area contributed by atoms with Gasteiger partial charge in [0.15, 0.2) is 6.61 Å². The number of benzene rings is 3. The lowest BCUT2D eigenvalue weighted by atomic mass is 10.1. The van der Waals surface area contributed by atoms with Crippen LogP contribution in [0, 0.1) is 24.0 Å². The molecular formula is C24H22N4O5. The van der Waals surface area contributed by atoms with Crippen molar-refractivity contribution in [1.82, 2.24) is 5.43 Å². The van der Waals surface area contributed by atoms with E-state index in [4.69, 9.17) is 4.74 Å². The molecule has 0 aliphatic carbocycles. The topological polar surface area (TPSA) is 123 Å². The Morgan fingerprint density at radius 3 is 2.33 bits per heavy atom. The molecule has 168 valence electrons. The minimum absolute atomic E-state index is 0.0971. The first kappa shape index (κ1) is 23.1. The number of carbonyl (C=O) groups excluding carboxylic acids is 2. The third-order valence-electron chi connectivity index (χ3n) is 4.76. The van der Waals surface area contributed by atoms with Crippen molar-refractivity contribution in [3.05, 3.63) is 99.1 Å². The van der Waals surface area contributed by atoms with Gasteiger partial charge in [-0.2, -0.15) is 5.10 Å². The van der Waals surface area contributed by atoms with E-state index in [0.29, 0.717) is 17.0 Å². The summed E-state index contributed by atoms with van der Waals surface area (Å²) in [6, 6.07) is 17.7. The van der Waals surface area contributed by atoms with Gasteiger partial charge in [-0.15, -0.1) is 0 Å². The number of nitrogens with one attached hydrogen (secondary N) is 2. The van der Waals surface area contributed by atoms with E-state index in [1.54, 1.807) is 24.3 Å². The molecule has 0 saturated carbocycles. The second kappa shape index (κ2) is 10.7. The summed E-state index contributed by atoms with van der Waals surface area (Å²) < 4.78 is 5.50. The standard InChI is InChI=1S/C24H22N4O5/c1-16-3-8-20(13-17(16)2)26-23(29)15-33-22-11-4-18(5-12-22)14-25-27-24(30)19-6-9-21(10-7-19)28(31)32/h3-14H,15H2,1-2H3,(H,26,29)(H,27,30)/b25-14-. The third-order valence-corrected chi connectivity index (χ3v) is 4.76. The summed E-state index contributed by atoms with van der Waals surface area (Å²) in [7, 11) is 0. The maximum absolute atomic E-state index is 12.1. The minimum atomic E-state index is -0.537. The molecule has 33 heavy (non-hydrogen) atoms. The molecule has 0 fully saturated rings. The third kappa shape index (κ3) is 6.73. The molecule has 0 saturated heterocycles. The Hall–Kier alpha value is -4.53. The number of ether oxygens (including phenoxy) is 1. The van der Waals surface area contributed by atoms with Gasteiger partial charge < -0.3 is 10.1 Å². The summed E-state index contributed by atoms with van der Waals surface area (Å²) in [6.07, 6.45) is 1.44. The lowest BCUT2D eigenvalue weighted by Gasteiger charge is -2.09. The zero-order valence-corrected chi connectivity index (χ0v) is 18.1. The summed E-state index contributed by atoms with van der Waals surface area (Å²) in [5.74, 6) is -0.244. The molecule has 0 aliphatic rings. The van der Waals surface area contributed by atoms with Crippen LogP contribution in [0.3, 0.4) is 0 Å². The Bertz CT molecular complexity index is 1190. The first-order valence-electron chi connectivity index (χ1n) is 9.99. The van der Waals surface area contributed by atoms with Crippen molar-refractivity contribution in [3.8, 4) is 5.75 Å². The summed E-state index contributed by atoms with van der Waals surface area (Å²) >= 11 is 0. The second-order valence-electron chi connectivity index (χ2n) is 7.21. The number of nitro groups is 1. The van der Waals surface area contributed by atoms with Gasteiger partial charge in [-0.3, -0.25) is 19.7 Å². The average Bonchev–Trinajstić information content (AvgIpc) is 2.81. The fraction of sp³-hybridized carbons (Fsp3) is 0.125. The number of amides is 2. The largest absolute Gasteiger partial charge is 0.484 e. The van der Waals surface area contributed by atoms with Crippen molar-refractivity contribution >= 4 is 29.4 Å². The van der Waals surface area contributed by atoms with E-state index in [1.807, 2.05) is 32.0 Å². The Morgan fingerprint density at radius 1 is 1.00 bits per heavy atom. The van der Waals surface area contributed by atoms with Crippen LogP contribution in [0.5, 0.6) is 5.75 Å². The summed E-state index contributed by atoms with van der Waals surface area (Å²) in [6.45, 7) is 3.85. The predicted molar refractivity (Wildman–Crippen MR) is 125 cm³/mol. The van der Waals surface area contributed by atoms with E-state index in [2.05, 4.69) is 15.8 Å². The number of carbonyl (C=O) groups is 2. The van der Waals surface area contributed by atoms with Crippen LogP contribution in [0.25, 0.3) is 0 Å². The van der Waals surface area contributed by atoms with Crippen molar-refractivity contribution in [2.75, 3.05) is 11.9 Å². The number of hydrogen-bond acceptors (Lipinski definition) is 6. The van der Waals surface area contributed by atoms with Crippen molar-refractivity contribution in [2.24, 2.45) is 5.10 Å². The van der Waals surface area contributed by atoms with Gasteiger partial charge >= 0.3 is 0 Å². The number of non-ortho nitro benzene ring substituents is 1. The lowest BCUT2D eigenvalue weighted by molar-refractivity contribution is -0.384. The Labute approximate surface area is 190 Å². The molecule has 0 aliphatic heterocycles. The number of nitro benzene ring substituents is 1. The van der Waals surface area contributed by atoms with Crippen LogP contribution in [0.4, 0.5) is 11.4 Å². The summed E-state index contributed by atoms with van der Waals surface area (Å²) in [4.78, 5) is 34.2. The van der Waals surface area contributed by atoms with E-state index in [9.17, 15) is 19.7 Å². The smallest absolute Gasteiger partial charge is 0.271 e. The molecule has 0 aromatic heterocycles. The number of hydrazone groups is 1. The highest BCUT2D eigenvalue weighted by atomic mass is 16.6. The molecule has 2 N–H and O–H groups in total. The molecule has 0 unspecified atom stereocenters. The summed E-state index contributed by atoms with van der Waals surface area (Å²) in [5.41, 5.74) is 6.17. The molecule has 0 radical (unpaired) electrons. The fourth-order valence-corrected chi connectivity index (χ4v) is 2.78. The molecule has 9 nitrogen and oxygen atoms in total. The van der Waals surface area contributed by atoms with E-state index in [0.717, 1.165) is 11.1 Å². The molecule has 0 spiro atoms. The molecule has 0 atom stereocenters. The van der Waals surface area contributed by atoms with Gasteiger partial charge in [-0.25, -0.2) is 5.43 Å². The van der Waals surface area contributed by atoms with Crippen molar-refractivity contribution in [1.29, 1.82) is 0 Å².